The highest BCUT2D eigenvalue weighted by atomic mass is 32.2. The van der Waals surface area contributed by atoms with E-state index in [9.17, 15) is 9.18 Å². The molecule has 0 spiro atoms. The fraction of sp³-hybridized carbons (Fsp3) is 0.533. The molecular weight excluding hydrogens is 275 g/mol. The molecule has 1 N–H and O–H groups in total. The van der Waals surface area contributed by atoms with Gasteiger partial charge in [-0.15, -0.1) is 0 Å². The third-order valence-electron chi connectivity index (χ3n) is 3.56. The molecule has 2 rings (SSSR count). The molecular formula is C15H21FN2OS. The van der Waals surface area contributed by atoms with Gasteiger partial charge in [0.15, 0.2) is 0 Å². The van der Waals surface area contributed by atoms with Crippen molar-refractivity contribution in [2.45, 2.75) is 32.0 Å². The molecule has 2 atom stereocenters. The molecule has 1 amide bonds. The van der Waals surface area contributed by atoms with Crippen LogP contribution in [0.25, 0.3) is 0 Å². The second-order valence-electron chi connectivity index (χ2n) is 5.07. The van der Waals surface area contributed by atoms with Crippen molar-refractivity contribution in [3.63, 3.8) is 0 Å². The Morgan fingerprint density at radius 2 is 2.00 bits per heavy atom. The number of hydrogen-bond acceptors (Lipinski definition) is 3. The van der Waals surface area contributed by atoms with Crippen LogP contribution in [0.2, 0.25) is 0 Å². The lowest BCUT2D eigenvalue weighted by Crippen LogP contribution is -2.31. The van der Waals surface area contributed by atoms with Crippen molar-refractivity contribution in [1.29, 1.82) is 0 Å². The molecule has 0 aromatic heterocycles. The molecule has 1 saturated heterocycles. The second-order valence-corrected chi connectivity index (χ2v) is 6.06. The Labute approximate surface area is 123 Å². The second kappa shape index (κ2) is 7.09. The van der Waals surface area contributed by atoms with Crippen molar-refractivity contribution in [2.75, 3.05) is 18.6 Å². The maximum absolute atomic E-state index is 13.0. The summed E-state index contributed by atoms with van der Waals surface area (Å²) in [4.78, 5) is 14.1. The summed E-state index contributed by atoms with van der Waals surface area (Å²) in [5.41, 5.74) is 0.939. The van der Waals surface area contributed by atoms with E-state index in [2.05, 4.69) is 11.6 Å². The zero-order chi connectivity index (χ0) is 14.5. The number of hydrogen-bond donors (Lipinski definition) is 1. The molecule has 0 aliphatic carbocycles. The van der Waals surface area contributed by atoms with Crippen molar-refractivity contribution in [1.82, 2.24) is 10.2 Å². The highest BCUT2D eigenvalue weighted by Crippen LogP contribution is 2.25. The monoisotopic (exact) mass is 296 g/mol. The summed E-state index contributed by atoms with van der Waals surface area (Å²) in [6.45, 7) is 2.62. The van der Waals surface area contributed by atoms with Crippen molar-refractivity contribution >= 4 is 17.7 Å². The van der Waals surface area contributed by atoms with Crippen LogP contribution in [0.1, 0.15) is 31.5 Å². The molecule has 20 heavy (non-hydrogen) atoms. The van der Waals surface area contributed by atoms with Crippen LogP contribution >= 0.6 is 11.8 Å². The number of thioether (sulfide) groups is 1. The van der Waals surface area contributed by atoms with Crippen LogP contribution in [-0.2, 0) is 4.79 Å². The minimum atomic E-state index is -0.252. The highest BCUT2D eigenvalue weighted by Gasteiger charge is 2.36. The summed E-state index contributed by atoms with van der Waals surface area (Å²) in [6.07, 6.45) is 4.06. The zero-order valence-electron chi connectivity index (χ0n) is 11.9. The SMILES string of the molecule is CSCCCCN1C(=O)C(C)NC1c1ccc(F)cc1. The molecule has 1 fully saturated rings. The average molecular weight is 296 g/mol. The fourth-order valence-electron chi connectivity index (χ4n) is 2.46. The van der Waals surface area contributed by atoms with E-state index in [0.717, 1.165) is 30.7 Å². The number of halogens is 1. The molecule has 1 heterocycles. The Balaban J connectivity index is 2.05. The molecule has 0 radical (unpaired) electrons. The van der Waals surface area contributed by atoms with Gasteiger partial charge in [0.1, 0.15) is 12.0 Å². The highest BCUT2D eigenvalue weighted by molar-refractivity contribution is 7.98. The standard InChI is InChI=1S/C15H21FN2OS/c1-11-15(19)18(9-3-4-10-20-2)14(17-11)12-5-7-13(16)8-6-12/h5-8,11,14,17H,3-4,9-10H2,1-2H3. The Morgan fingerprint density at radius 1 is 1.30 bits per heavy atom. The topological polar surface area (TPSA) is 32.3 Å². The van der Waals surface area contributed by atoms with Gasteiger partial charge in [0.2, 0.25) is 5.91 Å². The number of nitrogens with one attached hydrogen (secondary N) is 1. The first-order valence-corrected chi connectivity index (χ1v) is 8.34. The number of carbonyl (C=O) groups is 1. The van der Waals surface area contributed by atoms with Crippen molar-refractivity contribution < 1.29 is 9.18 Å². The van der Waals surface area contributed by atoms with Gasteiger partial charge in [-0.2, -0.15) is 11.8 Å². The van der Waals surface area contributed by atoms with Crippen molar-refractivity contribution in [2.24, 2.45) is 0 Å². The number of unbranched alkanes of at least 4 members (excludes halogenated alkanes) is 1. The van der Waals surface area contributed by atoms with Gasteiger partial charge >= 0.3 is 0 Å². The van der Waals surface area contributed by atoms with Crippen LogP contribution < -0.4 is 5.32 Å². The van der Waals surface area contributed by atoms with Gasteiger partial charge in [0.05, 0.1) is 6.04 Å². The molecule has 1 aliphatic rings. The van der Waals surface area contributed by atoms with E-state index in [0.29, 0.717) is 0 Å². The summed E-state index contributed by atoms with van der Waals surface area (Å²) in [6, 6.07) is 6.19. The largest absolute Gasteiger partial charge is 0.322 e. The van der Waals surface area contributed by atoms with E-state index in [1.165, 1.54) is 12.1 Å². The number of rotatable bonds is 6. The molecule has 1 aromatic rings. The quantitative estimate of drug-likeness (QED) is 0.819. The Hall–Kier alpha value is -1.07. The Morgan fingerprint density at radius 3 is 2.65 bits per heavy atom. The van der Waals surface area contributed by atoms with Gasteiger partial charge in [-0.3, -0.25) is 10.1 Å². The van der Waals surface area contributed by atoms with Gasteiger partial charge in [0.25, 0.3) is 0 Å². The first-order chi connectivity index (χ1) is 9.63. The summed E-state index contributed by atoms with van der Waals surface area (Å²) < 4.78 is 13.0. The molecule has 110 valence electrons. The Bertz CT molecular complexity index is 452. The Kier molecular flexibility index (Phi) is 5.43. The van der Waals surface area contributed by atoms with Crippen molar-refractivity contribution in [3.05, 3.63) is 35.6 Å². The third kappa shape index (κ3) is 3.52. The fourth-order valence-corrected chi connectivity index (χ4v) is 2.96. The lowest BCUT2D eigenvalue weighted by molar-refractivity contribution is -0.129. The van der Waals surface area contributed by atoms with Crippen LogP contribution in [0.4, 0.5) is 4.39 Å². The van der Waals surface area contributed by atoms with E-state index in [-0.39, 0.29) is 23.9 Å². The maximum atomic E-state index is 13.0. The number of carbonyl (C=O) groups excluding carboxylic acids is 1. The minimum Gasteiger partial charge on any atom is -0.322 e. The lowest BCUT2D eigenvalue weighted by Gasteiger charge is -2.24. The van der Waals surface area contributed by atoms with E-state index in [4.69, 9.17) is 0 Å². The molecule has 1 aliphatic heterocycles. The smallest absolute Gasteiger partial charge is 0.241 e. The summed E-state index contributed by atoms with van der Waals surface area (Å²) in [5.74, 6) is 0.993. The van der Waals surface area contributed by atoms with Crippen LogP contribution in [-0.4, -0.2) is 35.4 Å². The van der Waals surface area contributed by atoms with Crippen LogP contribution in [0.5, 0.6) is 0 Å². The van der Waals surface area contributed by atoms with Gasteiger partial charge < -0.3 is 4.90 Å². The predicted octanol–water partition coefficient (Wildman–Crippen LogP) is 2.79. The summed E-state index contributed by atoms with van der Waals surface area (Å²) in [7, 11) is 0. The van der Waals surface area contributed by atoms with Crippen LogP contribution in [0.3, 0.4) is 0 Å². The molecule has 2 unspecified atom stereocenters. The van der Waals surface area contributed by atoms with Gasteiger partial charge in [-0.25, -0.2) is 4.39 Å². The molecule has 0 saturated carbocycles. The number of amides is 1. The normalized spacial score (nSPS) is 22.6. The molecule has 1 aromatic carbocycles. The van der Waals surface area contributed by atoms with Gasteiger partial charge in [-0.1, -0.05) is 12.1 Å². The summed E-state index contributed by atoms with van der Waals surface area (Å²) in [5, 5.41) is 3.28. The predicted molar refractivity (Wildman–Crippen MR) is 81.1 cm³/mol. The van der Waals surface area contributed by atoms with E-state index in [1.807, 2.05) is 23.6 Å². The van der Waals surface area contributed by atoms with Crippen molar-refractivity contribution in [3.8, 4) is 0 Å². The molecule has 5 heteroatoms. The van der Waals surface area contributed by atoms with E-state index in [1.54, 1.807) is 12.1 Å². The lowest BCUT2D eigenvalue weighted by atomic mass is 10.1. The zero-order valence-corrected chi connectivity index (χ0v) is 12.8. The van der Waals surface area contributed by atoms with Crippen LogP contribution in [0, 0.1) is 5.82 Å². The van der Waals surface area contributed by atoms with E-state index >= 15 is 0 Å². The maximum Gasteiger partial charge on any atom is 0.241 e. The third-order valence-corrected chi connectivity index (χ3v) is 4.25. The van der Waals surface area contributed by atoms with Gasteiger partial charge in [0, 0.05) is 6.54 Å². The number of nitrogens with zero attached hydrogens (tertiary/aromatic N) is 1. The first kappa shape index (κ1) is 15.3. The molecule has 0 bridgehead atoms. The van der Waals surface area contributed by atoms with E-state index < -0.39 is 0 Å². The number of benzene rings is 1. The summed E-state index contributed by atoms with van der Waals surface area (Å²) >= 11 is 1.82. The first-order valence-electron chi connectivity index (χ1n) is 6.94. The average Bonchev–Trinajstić information content (AvgIpc) is 2.72. The van der Waals surface area contributed by atoms with Crippen LogP contribution in [0.15, 0.2) is 24.3 Å². The van der Waals surface area contributed by atoms with Gasteiger partial charge in [-0.05, 0) is 49.5 Å². The molecule has 3 nitrogen and oxygen atoms in total. The minimum absolute atomic E-state index is 0.128.